The zero-order valence-corrected chi connectivity index (χ0v) is 12.1. The molecule has 0 radical (unpaired) electrons. The number of benzene rings is 1. The molecule has 0 spiro atoms. The molecule has 1 atom stereocenters. The second-order valence-electron chi connectivity index (χ2n) is 5.91. The Bertz CT molecular complexity index is 518. The largest absolute Gasteiger partial charge is 0.341 e. The van der Waals surface area contributed by atoms with E-state index < -0.39 is 0 Å². The van der Waals surface area contributed by atoms with Crippen LogP contribution in [-0.2, 0) is 11.2 Å². The van der Waals surface area contributed by atoms with Gasteiger partial charge in [0.05, 0.1) is 0 Å². The fraction of sp³-hybridized carbons (Fsp3) is 0.471. The molecule has 1 N–H and O–H groups in total. The smallest absolute Gasteiger partial charge is 0.243 e. The van der Waals surface area contributed by atoms with Crippen molar-refractivity contribution in [3.8, 4) is 0 Å². The van der Waals surface area contributed by atoms with Gasteiger partial charge in [0.25, 0.3) is 0 Å². The summed E-state index contributed by atoms with van der Waals surface area (Å²) in [6.07, 6.45) is 6.99. The van der Waals surface area contributed by atoms with Crippen LogP contribution in [-0.4, -0.2) is 36.5 Å². The summed E-state index contributed by atoms with van der Waals surface area (Å²) in [6.45, 7) is 2.45. The third kappa shape index (κ3) is 3.50. The van der Waals surface area contributed by atoms with E-state index in [2.05, 4.69) is 5.32 Å². The van der Waals surface area contributed by atoms with E-state index in [9.17, 15) is 9.18 Å². The highest BCUT2D eigenvalue weighted by Gasteiger charge is 2.27. The lowest BCUT2D eigenvalue weighted by Crippen LogP contribution is -2.47. The molecule has 1 amide bonds. The van der Waals surface area contributed by atoms with Crippen molar-refractivity contribution in [2.24, 2.45) is 5.92 Å². The number of rotatable bonds is 3. The molecule has 0 aromatic heterocycles. The summed E-state index contributed by atoms with van der Waals surface area (Å²) in [5.41, 5.74) is 1.18. The normalized spacial score (nSPS) is 22.7. The molecule has 0 saturated carbocycles. The maximum Gasteiger partial charge on any atom is 0.243 e. The Kier molecular flexibility index (Phi) is 4.34. The van der Waals surface area contributed by atoms with Crippen LogP contribution in [0.4, 0.5) is 4.39 Å². The van der Waals surface area contributed by atoms with Gasteiger partial charge in [-0.05, 0) is 42.9 Å². The lowest BCUT2D eigenvalue weighted by molar-refractivity contribution is -0.133. The Morgan fingerprint density at radius 1 is 1.24 bits per heavy atom. The van der Waals surface area contributed by atoms with Gasteiger partial charge in [-0.25, -0.2) is 4.39 Å². The van der Waals surface area contributed by atoms with Crippen LogP contribution in [0.15, 0.2) is 36.4 Å². The first-order chi connectivity index (χ1) is 10.2. The molecule has 2 aliphatic rings. The van der Waals surface area contributed by atoms with Crippen molar-refractivity contribution in [1.82, 2.24) is 10.2 Å². The molecule has 4 heteroatoms. The number of nitrogens with zero attached hydrogens (tertiary/aromatic N) is 1. The van der Waals surface area contributed by atoms with Gasteiger partial charge < -0.3 is 4.90 Å². The molecule has 0 aliphatic carbocycles. The molecule has 0 unspecified atom stereocenters. The molecule has 3 rings (SSSR count). The second kappa shape index (κ2) is 6.39. The molecule has 1 fully saturated rings. The fourth-order valence-corrected chi connectivity index (χ4v) is 3.14. The van der Waals surface area contributed by atoms with E-state index in [0.717, 1.165) is 38.9 Å². The standard InChI is InChI=1S/C17H21FN2O/c18-15-5-3-13(4-6-15)12-14-7-10-20(11-8-14)17(21)16-2-1-9-19-16/h1-6,14,16,19H,7-12H2/t16-/m1/s1. The quantitative estimate of drug-likeness (QED) is 0.864. The molecular formula is C17H21FN2O. The number of carbonyl (C=O) groups is 1. The zero-order valence-electron chi connectivity index (χ0n) is 12.1. The molecule has 1 aromatic rings. The minimum Gasteiger partial charge on any atom is -0.341 e. The zero-order chi connectivity index (χ0) is 14.7. The van der Waals surface area contributed by atoms with Gasteiger partial charge in [-0.3, -0.25) is 10.1 Å². The van der Waals surface area contributed by atoms with Gasteiger partial charge >= 0.3 is 0 Å². The average molecular weight is 288 g/mol. The molecule has 1 saturated heterocycles. The van der Waals surface area contributed by atoms with Gasteiger partial charge in [0.2, 0.25) is 5.91 Å². The molecular weight excluding hydrogens is 267 g/mol. The second-order valence-corrected chi connectivity index (χ2v) is 5.91. The summed E-state index contributed by atoms with van der Waals surface area (Å²) in [5, 5.41) is 3.17. The van der Waals surface area contributed by atoms with E-state index in [1.807, 2.05) is 29.2 Å². The van der Waals surface area contributed by atoms with Crippen LogP contribution >= 0.6 is 0 Å². The van der Waals surface area contributed by atoms with Gasteiger partial charge in [0.1, 0.15) is 11.9 Å². The average Bonchev–Trinajstić information content (AvgIpc) is 3.04. The maximum atomic E-state index is 12.9. The molecule has 0 bridgehead atoms. The monoisotopic (exact) mass is 288 g/mol. The first-order valence-corrected chi connectivity index (χ1v) is 7.65. The van der Waals surface area contributed by atoms with Crippen LogP contribution in [0.5, 0.6) is 0 Å². The van der Waals surface area contributed by atoms with Crippen LogP contribution in [0, 0.1) is 11.7 Å². The highest BCUT2D eigenvalue weighted by atomic mass is 19.1. The van der Waals surface area contributed by atoms with Crippen molar-refractivity contribution in [3.05, 3.63) is 47.8 Å². The van der Waals surface area contributed by atoms with E-state index in [-0.39, 0.29) is 17.8 Å². The highest BCUT2D eigenvalue weighted by Crippen LogP contribution is 2.22. The van der Waals surface area contributed by atoms with Crippen LogP contribution in [0.25, 0.3) is 0 Å². The first kappa shape index (κ1) is 14.3. The number of halogens is 1. The number of hydrogen-bond acceptors (Lipinski definition) is 2. The number of hydrogen-bond donors (Lipinski definition) is 1. The van der Waals surface area contributed by atoms with E-state index in [1.54, 1.807) is 0 Å². The maximum absolute atomic E-state index is 12.9. The minimum absolute atomic E-state index is 0.126. The molecule has 2 heterocycles. The van der Waals surface area contributed by atoms with Gasteiger partial charge in [-0.1, -0.05) is 24.3 Å². The van der Waals surface area contributed by atoms with E-state index >= 15 is 0 Å². The van der Waals surface area contributed by atoms with Crippen molar-refractivity contribution in [2.75, 3.05) is 19.6 Å². The van der Waals surface area contributed by atoms with Crippen LogP contribution in [0.1, 0.15) is 18.4 Å². The van der Waals surface area contributed by atoms with E-state index in [0.29, 0.717) is 5.92 Å². The summed E-state index contributed by atoms with van der Waals surface area (Å²) >= 11 is 0. The van der Waals surface area contributed by atoms with Crippen molar-refractivity contribution < 1.29 is 9.18 Å². The predicted octanol–water partition coefficient (Wildman–Crippen LogP) is 2.13. The summed E-state index contributed by atoms with van der Waals surface area (Å²) in [6, 6.07) is 6.64. The highest BCUT2D eigenvalue weighted by molar-refractivity contribution is 5.84. The van der Waals surface area contributed by atoms with Crippen molar-refractivity contribution in [3.63, 3.8) is 0 Å². The van der Waals surface area contributed by atoms with Gasteiger partial charge in [-0.2, -0.15) is 0 Å². The molecule has 21 heavy (non-hydrogen) atoms. The summed E-state index contributed by atoms with van der Waals surface area (Å²) < 4.78 is 12.9. The van der Waals surface area contributed by atoms with Gasteiger partial charge in [0, 0.05) is 19.6 Å². The van der Waals surface area contributed by atoms with Crippen molar-refractivity contribution in [1.29, 1.82) is 0 Å². The van der Waals surface area contributed by atoms with Crippen molar-refractivity contribution >= 4 is 5.91 Å². The summed E-state index contributed by atoms with van der Waals surface area (Å²) in [4.78, 5) is 14.2. The Morgan fingerprint density at radius 3 is 2.57 bits per heavy atom. The van der Waals surface area contributed by atoms with Gasteiger partial charge in [-0.15, -0.1) is 0 Å². The molecule has 3 nitrogen and oxygen atoms in total. The van der Waals surface area contributed by atoms with Gasteiger partial charge in [0.15, 0.2) is 0 Å². The molecule has 112 valence electrons. The van der Waals surface area contributed by atoms with Crippen LogP contribution in [0.3, 0.4) is 0 Å². The Morgan fingerprint density at radius 2 is 1.95 bits per heavy atom. The van der Waals surface area contributed by atoms with Crippen LogP contribution < -0.4 is 5.32 Å². The minimum atomic E-state index is -0.184. The Labute approximate surface area is 124 Å². The number of amides is 1. The van der Waals surface area contributed by atoms with E-state index in [4.69, 9.17) is 0 Å². The number of likely N-dealkylation sites (tertiary alicyclic amines) is 1. The summed E-state index contributed by atoms with van der Waals surface area (Å²) in [5.74, 6) is 0.604. The number of nitrogens with one attached hydrogen (secondary N) is 1. The third-order valence-electron chi connectivity index (χ3n) is 4.41. The topological polar surface area (TPSA) is 32.3 Å². The number of carbonyl (C=O) groups excluding carboxylic acids is 1. The van der Waals surface area contributed by atoms with E-state index in [1.165, 1.54) is 17.7 Å². The van der Waals surface area contributed by atoms with Crippen LogP contribution in [0.2, 0.25) is 0 Å². The molecule has 1 aromatic carbocycles. The SMILES string of the molecule is O=C([C@H]1C=CCN1)N1CCC(Cc2ccc(F)cc2)CC1. The Hall–Kier alpha value is -1.68. The lowest BCUT2D eigenvalue weighted by atomic mass is 9.90. The number of piperidine rings is 1. The lowest BCUT2D eigenvalue weighted by Gasteiger charge is -2.33. The first-order valence-electron chi connectivity index (χ1n) is 7.65. The Balaban J connectivity index is 1.49. The summed E-state index contributed by atoms with van der Waals surface area (Å²) in [7, 11) is 0. The third-order valence-corrected chi connectivity index (χ3v) is 4.41. The van der Waals surface area contributed by atoms with Crippen molar-refractivity contribution in [2.45, 2.75) is 25.3 Å². The predicted molar refractivity (Wildman–Crippen MR) is 80.3 cm³/mol. The fourth-order valence-electron chi connectivity index (χ4n) is 3.14. The molecule has 2 aliphatic heterocycles.